The molecule has 124 valence electrons. The maximum atomic E-state index is 12.1. The third kappa shape index (κ3) is 4.53. The highest BCUT2D eigenvalue weighted by Gasteiger charge is 2.16. The summed E-state index contributed by atoms with van der Waals surface area (Å²) < 4.78 is 1.59. The van der Waals surface area contributed by atoms with E-state index in [0.29, 0.717) is 23.8 Å². The van der Waals surface area contributed by atoms with Crippen LogP contribution in [0.2, 0.25) is 5.02 Å². The number of benzene rings is 1. The normalized spacial score (nSPS) is 12.4. The lowest BCUT2D eigenvalue weighted by Crippen LogP contribution is -2.29. The molecule has 1 aromatic heterocycles. The van der Waals surface area contributed by atoms with Gasteiger partial charge in [0.05, 0.1) is 11.8 Å². The molecule has 1 amide bonds. The smallest absolute Gasteiger partial charge is 0.290 e. The zero-order valence-electron chi connectivity index (χ0n) is 13.5. The number of aliphatic hydroxyl groups is 1. The molecule has 23 heavy (non-hydrogen) atoms. The Kier molecular flexibility index (Phi) is 5.74. The van der Waals surface area contributed by atoms with Crippen LogP contribution in [0.3, 0.4) is 0 Å². The molecule has 0 aliphatic heterocycles. The quantitative estimate of drug-likeness (QED) is 0.848. The van der Waals surface area contributed by atoms with E-state index in [1.165, 1.54) is 0 Å². The summed E-state index contributed by atoms with van der Waals surface area (Å²) in [5.74, 6) is 0.532. The molecule has 2 aromatic rings. The Balaban J connectivity index is 2.02. The number of nitrogens with zero attached hydrogens (tertiary/aromatic N) is 3. The first-order valence-electron chi connectivity index (χ1n) is 7.54. The van der Waals surface area contributed by atoms with Gasteiger partial charge in [-0.2, -0.15) is 0 Å². The molecule has 0 saturated heterocycles. The van der Waals surface area contributed by atoms with Crippen molar-refractivity contribution in [2.24, 2.45) is 5.92 Å². The van der Waals surface area contributed by atoms with Gasteiger partial charge in [0.1, 0.15) is 5.82 Å². The molecule has 1 unspecified atom stereocenters. The lowest BCUT2D eigenvalue weighted by molar-refractivity contribution is 0.0910. The van der Waals surface area contributed by atoms with Crippen LogP contribution in [0.4, 0.5) is 0 Å². The second kappa shape index (κ2) is 7.57. The highest BCUT2D eigenvalue weighted by Crippen LogP contribution is 2.14. The maximum Gasteiger partial charge on any atom is 0.290 e. The maximum absolute atomic E-state index is 12.1. The number of carbonyl (C=O) groups excluding carboxylic acids is 1. The zero-order chi connectivity index (χ0) is 17.0. The van der Waals surface area contributed by atoms with E-state index >= 15 is 0 Å². The molecule has 2 rings (SSSR count). The lowest BCUT2D eigenvalue weighted by Gasteiger charge is -2.13. The fourth-order valence-corrected chi connectivity index (χ4v) is 2.19. The molecule has 0 aliphatic rings. The van der Waals surface area contributed by atoms with Crippen LogP contribution in [0.1, 0.15) is 36.7 Å². The number of rotatable bonds is 6. The largest absolute Gasteiger partial charge is 0.393 e. The topological polar surface area (TPSA) is 80.0 Å². The Labute approximate surface area is 140 Å². The highest BCUT2D eigenvalue weighted by atomic mass is 35.5. The number of aromatic nitrogens is 3. The van der Waals surface area contributed by atoms with Gasteiger partial charge < -0.3 is 10.4 Å². The van der Waals surface area contributed by atoms with Gasteiger partial charge in [-0.15, -0.1) is 5.10 Å². The summed E-state index contributed by atoms with van der Waals surface area (Å²) >= 11 is 5.87. The summed E-state index contributed by atoms with van der Waals surface area (Å²) in [5.41, 5.74) is 0.786. The molecule has 0 saturated carbocycles. The Morgan fingerprint density at radius 1 is 1.35 bits per heavy atom. The van der Waals surface area contributed by atoms with E-state index in [0.717, 1.165) is 5.69 Å². The predicted molar refractivity (Wildman–Crippen MR) is 88.9 cm³/mol. The molecular formula is C16H21ClN4O2. The van der Waals surface area contributed by atoms with E-state index in [2.05, 4.69) is 15.4 Å². The van der Waals surface area contributed by atoms with Gasteiger partial charge in [-0.25, -0.2) is 9.67 Å². The fourth-order valence-electron chi connectivity index (χ4n) is 2.06. The Morgan fingerprint density at radius 3 is 2.61 bits per heavy atom. The van der Waals surface area contributed by atoms with Crippen molar-refractivity contribution in [2.75, 3.05) is 6.54 Å². The highest BCUT2D eigenvalue weighted by molar-refractivity contribution is 6.30. The van der Waals surface area contributed by atoms with Crippen molar-refractivity contribution in [1.82, 2.24) is 20.1 Å². The van der Waals surface area contributed by atoms with Crippen molar-refractivity contribution < 1.29 is 9.90 Å². The van der Waals surface area contributed by atoms with Crippen LogP contribution in [0, 0.1) is 12.8 Å². The zero-order valence-corrected chi connectivity index (χ0v) is 14.2. The number of hydrogen-bond donors (Lipinski definition) is 2. The Morgan fingerprint density at radius 2 is 2.00 bits per heavy atom. The number of aryl methyl sites for hydroxylation is 1. The number of nitrogens with one attached hydrogen (secondary N) is 1. The summed E-state index contributed by atoms with van der Waals surface area (Å²) in [6.45, 7) is 6.03. The van der Waals surface area contributed by atoms with Gasteiger partial charge in [-0.1, -0.05) is 25.4 Å². The third-order valence-electron chi connectivity index (χ3n) is 3.54. The Hall–Kier alpha value is -1.92. The van der Waals surface area contributed by atoms with Gasteiger partial charge in [0.2, 0.25) is 5.82 Å². The standard InChI is InChI=1S/C16H21ClN4O2/c1-10(2)14(22)8-9-18-16(23)15-19-11(3)21(20-15)13-6-4-12(17)5-7-13/h4-7,10,14,22H,8-9H2,1-3H3,(H,18,23). The van der Waals surface area contributed by atoms with Crippen molar-refractivity contribution >= 4 is 17.5 Å². The molecule has 0 spiro atoms. The summed E-state index contributed by atoms with van der Waals surface area (Å²) in [6.07, 6.45) is 0.0666. The molecule has 1 atom stereocenters. The van der Waals surface area contributed by atoms with Gasteiger partial charge in [0.15, 0.2) is 0 Å². The first kappa shape index (κ1) is 17.4. The van der Waals surface area contributed by atoms with E-state index in [-0.39, 0.29) is 17.6 Å². The van der Waals surface area contributed by atoms with Gasteiger partial charge >= 0.3 is 0 Å². The fraction of sp³-hybridized carbons (Fsp3) is 0.438. The predicted octanol–water partition coefficient (Wildman–Crippen LogP) is 2.37. The third-order valence-corrected chi connectivity index (χ3v) is 3.79. The van der Waals surface area contributed by atoms with Crippen LogP contribution < -0.4 is 5.32 Å². The van der Waals surface area contributed by atoms with Crippen molar-refractivity contribution in [3.8, 4) is 5.69 Å². The second-order valence-corrected chi connectivity index (χ2v) is 6.16. The molecule has 0 fully saturated rings. The molecule has 0 bridgehead atoms. The SMILES string of the molecule is Cc1nc(C(=O)NCCC(O)C(C)C)nn1-c1ccc(Cl)cc1. The van der Waals surface area contributed by atoms with E-state index < -0.39 is 6.10 Å². The number of carbonyl (C=O) groups is 1. The van der Waals surface area contributed by atoms with E-state index in [9.17, 15) is 9.90 Å². The summed E-state index contributed by atoms with van der Waals surface area (Å²) in [4.78, 5) is 16.3. The van der Waals surface area contributed by atoms with Crippen LogP contribution in [0.5, 0.6) is 0 Å². The first-order valence-corrected chi connectivity index (χ1v) is 7.92. The number of aliphatic hydroxyl groups excluding tert-OH is 1. The number of hydrogen-bond acceptors (Lipinski definition) is 4. The average molecular weight is 337 g/mol. The Bertz CT molecular complexity index is 667. The molecule has 6 nitrogen and oxygen atoms in total. The minimum absolute atomic E-state index is 0.108. The van der Waals surface area contributed by atoms with E-state index in [4.69, 9.17) is 11.6 Å². The molecule has 0 radical (unpaired) electrons. The van der Waals surface area contributed by atoms with Crippen molar-refractivity contribution in [2.45, 2.75) is 33.3 Å². The van der Waals surface area contributed by atoms with Gasteiger partial charge in [0.25, 0.3) is 5.91 Å². The minimum atomic E-state index is -0.434. The van der Waals surface area contributed by atoms with Crippen LogP contribution in [0.15, 0.2) is 24.3 Å². The molecule has 1 heterocycles. The van der Waals surface area contributed by atoms with E-state index in [1.54, 1.807) is 23.7 Å². The molecule has 1 aromatic carbocycles. The molecular weight excluding hydrogens is 316 g/mol. The first-order chi connectivity index (χ1) is 10.9. The average Bonchev–Trinajstić information content (AvgIpc) is 2.89. The number of amides is 1. The van der Waals surface area contributed by atoms with E-state index in [1.807, 2.05) is 26.0 Å². The summed E-state index contributed by atoms with van der Waals surface area (Å²) in [6, 6.07) is 7.13. The van der Waals surface area contributed by atoms with Crippen LogP contribution in [0.25, 0.3) is 5.69 Å². The van der Waals surface area contributed by atoms with Crippen molar-refractivity contribution in [3.05, 3.63) is 40.9 Å². The van der Waals surface area contributed by atoms with Gasteiger partial charge in [-0.3, -0.25) is 4.79 Å². The van der Waals surface area contributed by atoms with Gasteiger partial charge in [0, 0.05) is 11.6 Å². The monoisotopic (exact) mass is 336 g/mol. The second-order valence-electron chi connectivity index (χ2n) is 5.73. The molecule has 0 aliphatic carbocycles. The van der Waals surface area contributed by atoms with Crippen LogP contribution >= 0.6 is 11.6 Å². The van der Waals surface area contributed by atoms with Crippen molar-refractivity contribution in [3.63, 3.8) is 0 Å². The molecule has 7 heteroatoms. The number of halogens is 1. The van der Waals surface area contributed by atoms with Gasteiger partial charge in [-0.05, 0) is 43.5 Å². The van der Waals surface area contributed by atoms with Crippen LogP contribution in [-0.2, 0) is 0 Å². The minimum Gasteiger partial charge on any atom is -0.393 e. The van der Waals surface area contributed by atoms with Crippen LogP contribution in [-0.4, -0.2) is 38.4 Å². The molecule has 2 N–H and O–H groups in total. The van der Waals surface area contributed by atoms with Crippen molar-refractivity contribution in [1.29, 1.82) is 0 Å². The summed E-state index contributed by atoms with van der Waals surface area (Å²) in [7, 11) is 0. The summed E-state index contributed by atoms with van der Waals surface area (Å²) in [5, 5.41) is 17.3. The lowest BCUT2D eigenvalue weighted by atomic mass is 10.0.